The molecule has 3 unspecified atom stereocenters. The van der Waals surface area contributed by atoms with Crippen molar-refractivity contribution in [1.29, 1.82) is 0 Å². The summed E-state index contributed by atoms with van der Waals surface area (Å²) in [6, 6.07) is 0. The van der Waals surface area contributed by atoms with Gasteiger partial charge in [0.25, 0.3) is 0 Å². The molecule has 0 aromatic heterocycles. The number of aliphatic carboxylic acids is 2. The monoisotopic (exact) mass is 1710 g/mol. The second kappa shape index (κ2) is 54.6. The Morgan fingerprint density at radius 2 is 0.282 bits per heavy atom. The predicted octanol–water partition coefficient (Wildman–Crippen LogP) is -6.50. The molecule has 3 atom stereocenters. The summed E-state index contributed by atoms with van der Waals surface area (Å²) in [4.78, 5) is 135. The van der Waals surface area contributed by atoms with Gasteiger partial charge < -0.3 is 160 Å². The van der Waals surface area contributed by atoms with Crippen molar-refractivity contribution in [3.63, 3.8) is 0 Å². The van der Waals surface area contributed by atoms with Crippen molar-refractivity contribution in [2.24, 2.45) is 75.8 Å². The summed E-state index contributed by atoms with van der Waals surface area (Å²) in [7, 11) is 0. The number of aliphatic hydroxyl groups is 21. The Hall–Kier alpha value is -6.67. The van der Waals surface area contributed by atoms with E-state index in [2.05, 4.69) is 0 Å². The van der Waals surface area contributed by atoms with Crippen molar-refractivity contribution in [3.05, 3.63) is 0 Å². The molecule has 0 bridgehead atoms. The van der Waals surface area contributed by atoms with Gasteiger partial charge in [-0.2, -0.15) is 0 Å². The maximum absolute atomic E-state index is 13.4. The number of hydrogen-bond acceptors (Lipinski definition) is 41. The van der Waals surface area contributed by atoms with Gasteiger partial charge in [-0.1, -0.05) is 27.7 Å². The first-order valence-electron chi connectivity index (χ1n) is 36.9. The molecule has 0 aromatic rings. The minimum atomic E-state index is -1.93. The predicted molar refractivity (Wildman–Crippen MR) is 400 cm³/mol. The Morgan fingerprint density at radius 3 is 0.359 bits per heavy atom. The van der Waals surface area contributed by atoms with Crippen LogP contribution in [0.5, 0.6) is 0 Å². The van der Waals surface area contributed by atoms with Crippen LogP contribution in [0, 0.1) is 75.8 Å². The van der Waals surface area contributed by atoms with Gasteiger partial charge >= 0.3 is 65.7 Å². The Morgan fingerprint density at radius 1 is 0.171 bits per heavy atom. The highest BCUT2D eigenvalue weighted by atomic mass is 16.6. The van der Waals surface area contributed by atoms with E-state index in [1.165, 1.54) is 83.1 Å². The lowest BCUT2D eigenvalue weighted by Gasteiger charge is -2.35. The van der Waals surface area contributed by atoms with E-state index in [-0.39, 0.29) is 31.5 Å². The van der Waals surface area contributed by atoms with Crippen LogP contribution in [-0.4, -0.2) is 381 Å². The Labute approximate surface area is 679 Å². The van der Waals surface area contributed by atoms with Gasteiger partial charge in [0.2, 0.25) is 0 Å². The fourth-order valence-corrected chi connectivity index (χ4v) is 7.12. The van der Waals surface area contributed by atoms with Crippen molar-refractivity contribution in [3.8, 4) is 0 Å². The van der Waals surface area contributed by atoms with Gasteiger partial charge in [-0.05, 0) is 102 Å². The summed E-state index contributed by atoms with van der Waals surface area (Å²) >= 11 is 0. The lowest BCUT2D eigenvalue weighted by molar-refractivity contribution is -0.185. The molecule has 0 spiro atoms. The van der Waals surface area contributed by atoms with E-state index >= 15 is 0 Å². The summed E-state index contributed by atoms with van der Waals surface area (Å²) in [6.07, 6.45) is 1.75. The molecule has 0 heterocycles. The minimum Gasteiger partial charge on any atom is -0.481 e. The number of rotatable bonds is 54. The molecule has 0 saturated heterocycles. The molecular formula is C74H136O43. The molecule has 117 heavy (non-hydrogen) atoms. The highest BCUT2D eigenvalue weighted by molar-refractivity contribution is 5.82. The van der Waals surface area contributed by atoms with E-state index in [9.17, 15) is 129 Å². The zero-order valence-electron chi connectivity index (χ0n) is 70.0. The first-order chi connectivity index (χ1) is 54.1. The van der Waals surface area contributed by atoms with Crippen LogP contribution in [-0.2, 0) is 95.4 Å². The second-order valence-corrected chi connectivity index (χ2v) is 32.2. The molecule has 690 valence electrons. The van der Waals surface area contributed by atoms with Crippen molar-refractivity contribution in [2.45, 2.75) is 130 Å². The number of carboxylic acid groups (broad SMARTS) is 2. The molecule has 23 N–H and O–H groups in total. The van der Waals surface area contributed by atoms with E-state index in [0.717, 1.165) is 12.8 Å². The first-order valence-corrected chi connectivity index (χ1v) is 36.9. The van der Waals surface area contributed by atoms with Crippen LogP contribution in [0.15, 0.2) is 0 Å². The SMILES string of the molecule is CC(CO)(CO)C(=O)O.CC(CO)(CO)C(=O)O.CCC(CC)(CO)CO.CCC(COC(=O)C(C)(CO)CO)(COC(=O)C(C)(CO)CO)COC(=O)C(C)(CO)CO.CCC(COC(=O)C(C)(CO)COC(=O)C(C)(CO)CO)(COC(=O)C(C)(CO)COC(=O)C(C)(CO)CO)COC(=O)C(C)(CO)COC(=O)C(C)(CO)CO. The summed E-state index contributed by atoms with van der Waals surface area (Å²) in [6.45, 7) is 1.05. The molecule has 0 rings (SSSR count). The van der Waals surface area contributed by atoms with Gasteiger partial charge in [0.15, 0.2) is 0 Å². The lowest BCUT2D eigenvalue weighted by atomic mass is 9.84. The highest BCUT2D eigenvalue weighted by Crippen LogP contribution is 2.34. The first kappa shape index (κ1) is 119. The molecule has 0 aliphatic heterocycles. The molecule has 0 aliphatic rings. The van der Waals surface area contributed by atoms with E-state index in [0.29, 0.717) is 0 Å². The van der Waals surface area contributed by atoms with Gasteiger partial charge in [-0.25, -0.2) is 0 Å². The molecular weight excluding hydrogens is 1580 g/mol. The number of carboxylic acids is 2. The number of ether oxygens (including phenoxy) is 9. The zero-order chi connectivity index (χ0) is 92.8. The largest absolute Gasteiger partial charge is 0.481 e. The maximum atomic E-state index is 13.4. The third-order valence-corrected chi connectivity index (χ3v) is 20.4. The summed E-state index contributed by atoms with van der Waals surface area (Å²) in [5.41, 5.74) is -21.7. The van der Waals surface area contributed by atoms with Crippen LogP contribution in [0.4, 0.5) is 0 Å². The normalized spacial score (nSPS) is 14.3. The number of hydrogen-bond donors (Lipinski definition) is 23. The molecule has 43 nitrogen and oxygen atoms in total. The lowest BCUT2D eigenvalue weighted by Crippen LogP contribution is -2.47. The minimum absolute atomic E-state index is 0.0938. The smallest absolute Gasteiger partial charge is 0.317 e. The van der Waals surface area contributed by atoms with Crippen LogP contribution >= 0.6 is 0 Å². The van der Waals surface area contributed by atoms with Gasteiger partial charge in [-0.3, -0.25) is 52.7 Å². The quantitative estimate of drug-likeness (QED) is 0.0199. The molecule has 43 heteroatoms. The number of carbonyl (C=O) groups is 11. The Bertz CT molecular complexity index is 2660. The standard InChI is InChI=1S/C36H62O21.C21H38O12.C7H16O2.2C5H10O4/c1-8-36(21-55-27(49)33(5,15-43)18-52-24(46)30(2,9-37)10-38,22-56-28(50)34(6,16-44)19-53-25(47)31(3,11-39)12-40)23-57-29(51)35(7,17-45)20-54-26(48)32(4,13-41)14-42;1-5-21(12-31-15(28)18(2,6-22)7-23,13-32-16(29)19(3,8-24)9-25)14-33-17(30)20(4,10-26)11-27;1-3-7(4-2,5-8)6-9;2*1-5(2-6,3-7)4(8)9/h37-45H,8-23H2,1-7H3;22-27H,5-14H2,1-4H3;8-9H,3-6H2,1-2H3;2*6-7H,2-3H2,1H3,(H,8,9). The van der Waals surface area contributed by atoms with Gasteiger partial charge in [0, 0.05) is 5.41 Å². The molecule has 0 radical (unpaired) electrons. The Balaban J connectivity index is -0.000000574. The molecule has 0 aromatic carbocycles. The average molecular weight is 1710 g/mol. The summed E-state index contributed by atoms with van der Waals surface area (Å²) in [5, 5.41) is 212. The maximum Gasteiger partial charge on any atom is 0.317 e. The third kappa shape index (κ3) is 35.5. The highest BCUT2D eigenvalue weighted by Gasteiger charge is 2.49. The van der Waals surface area contributed by atoms with Gasteiger partial charge in [-0.15, -0.1) is 0 Å². The molecule has 0 aliphatic carbocycles. The van der Waals surface area contributed by atoms with Crippen molar-refractivity contribution < 1.29 is 213 Å². The summed E-state index contributed by atoms with van der Waals surface area (Å²) < 4.78 is 47.5. The van der Waals surface area contributed by atoms with Crippen molar-refractivity contribution in [2.75, 3.05) is 198 Å². The number of esters is 9. The second-order valence-electron chi connectivity index (χ2n) is 32.2. The Kier molecular flexibility index (Phi) is 55.4. The topological polar surface area (TPSA) is 736 Å². The van der Waals surface area contributed by atoms with Crippen molar-refractivity contribution >= 4 is 65.7 Å². The third-order valence-electron chi connectivity index (χ3n) is 20.4. The number of aliphatic hydroxyl groups excluding tert-OH is 21. The van der Waals surface area contributed by atoms with Gasteiger partial charge in [0.05, 0.1) is 150 Å². The van der Waals surface area contributed by atoms with Crippen LogP contribution < -0.4 is 0 Å². The van der Waals surface area contributed by atoms with E-state index in [4.69, 9.17) is 83.5 Å². The molecule has 0 fully saturated rings. The summed E-state index contributed by atoms with van der Waals surface area (Å²) in [5.74, 6) is -11.9. The average Bonchev–Trinajstić information content (AvgIpc) is 0.815. The fourth-order valence-electron chi connectivity index (χ4n) is 7.12. The van der Waals surface area contributed by atoms with Gasteiger partial charge in [0.1, 0.15) is 119 Å². The van der Waals surface area contributed by atoms with Crippen LogP contribution in [0.2, 0.25) is 0 Å². The number of carbonyl (C=O) groups excluding carboxylic acids is 9. The van der Waals surface area contributed by atoms with Crippen LogP contribution in [0.1, 0.15) is 130 Å². The van der Waals surface area contributed by atoms with E-state index in [1.54, 1.807) is 6.92 Å². The van der Waals surface area contributed by atoms with E-state index in [1.807, 2.05) is 13.8 Å². The fraction of sp³-hybridized carbons (Fsp3) is 0.851. The molecule has 0 amide bonds. The van der Waals surface area contributed by atoms with Crippen LogP contribution in [0.25, 0.3) is 0 Å². The van der Waals surface area contributed by atoms with Crippen LogP contribution in [0.3, 0.4) is 0 Å². The van der Waals surface area contributed by atoms with E-state index < -0.39 is 321 Å². The zero-order valence-corrected chi connectivity index (χ0v) is 70.0. The molecule has 0 saturated carbocycles. The van der Waals surface area contributed by atoms with Crippen molar-refractivity contribution in [1.82, 2.24) is 0 Å².